The molecule has 0 saturated heterocycles. The Labute approximate surface area is 89.8 Å². The minimum Gasteiger partial charge on any atom is -0.382 e. The highest BCUT2D eigenvalue weighted by atomic mass is 79.9. The van der Waals surface area contributed by atoms with Gasteiger partial charge in [-0.05, 0) is 48.0 Å². The second-order valence-corrected chi connectivity index (χ2v) is 4.69. The Balaban J connectivity index is 2.90. The highest BCUT2D eigenvalue weighted by Gasteiger charge is 2.00. The molecule has 0 heterocycles. The number of rotatable bonds is 2. The number of halogens is 2. The van der Waals surface area contributed by atoms with Crippen molar-refractivity contribution in [1.82, 2.24) is 0 Å². The van der Waals surface area contributed by atoms with Crippen molar-refractivity contribution < 1.29 is 0 Å². The average Bonchev–Trinajstić information content (AvgIpc) is 1.96. The van der Waals surface area contributed by atoms with Gasteiger partial charge in [-0.2, -0.15) is 0 Å². The molecule has 3 heteroatoms. The van der Waals surface area contributed by atoms with E-state index in [1.807, 2.05) is 12.1 Å². The van der Waals surface area contributed by atoms with Crippen molar-refractivity contribution in [2.24, 2.45) is 0 Å². The molecule has 1 nitrogen and oxygen atoms in total. The van der Waals surface area contributed by atoms with E-state index in [4.69, 9.17) is 0 Å². The summed E-state index contributed by atoms with van der Waals surface area (Å²) in [5, 5.41) is 3.34. The summed E-state index contributed by atoms with van der Waals surface area (Å²) in [4.78, 5) is 0. The van der Waals surface area contributed by atoms with Crippen molar-refractivity contribution in [3.05, 3.63) is 27.1 Å². The molecule has 0 amide bonds. The largest absolute Gasteiger partial charge is 0.382 e. The van der Waals surface area contributed by atoms with Crippen LogP contribution in [0.1, 0.15) is 13.8 Å². The van der Waals surface area contributed by atoms with Gasteiger partial charge >= 0.3 is 0 Å². The smallest absolute Gasteiger partial charge is 0.0497 e. The molecule has 1 aromatic carbocycles. The van der Waals surface area contributed by atoms with E-state index in [1.54, 1.807) is 0 Å². The normalized spacial score (nSPS) is 10.4. The Kier molecular flexibility index (Phi) is 3.59. The number of hydrogen-bond acceptors (Lipinski definition) is 1. The van der Waals surface area contributed by atoms with Gasteiger partial charge in [0.2, 0.25) is 0 Å². The summed E-state index contributed by atoms with van der Waals surface area (Å²) in [5.41, 5.74) is 1.12. The minimum absolute atomic E-state index is 0.454. The van der Waals surface area contributed by atoms with E-state index in [9.17, 15) is 0 Å². The summed E-state index contributed by atoms with van der Waals surface area (Å²) in [7, 11) is 0. The van der Waals surface area contributed by atoms with Crippen LogP contribution in [-0.4, -0.2) is 6.04 Å². The van der Waals surface area contributed by atoms with Crippen LogP contribution in [0.25, 0.3) is 0 Å². The Bertz CT molecular complexity index is 271. The lowest BCUT2D eigenvalue weighted by atomic mass is 10.3. The van der Waals surface area contributed by atoms with Gasteiger partial charge in [0.25, 0.3) is 0 Å². The van der Waals surface area contributed by atoms with Crippen LogP contribution in [0, 0.1) is 0 Å². The van der Waals surface area contributed by atoms with Crippen LogP contribution < -0.4 is 5.32 Å². The number of hydrogen-bond donors (Lipinski definition) is 1. The Morgan fingerprint density at radius 3 is 2.50 bits per heavy atom. The minimum atomic E-state index is 0.454. The molecular weight excluding hydrogens is 282 g/mol. The summed E-state index contributed by atoms with van der Waals surface area (Å²) in [6.45, 7) is 4.24. The fourth-order valence-corrected chi connectivity index (χ4v) is 1.64. The van der Waals surface area contributed by atoms with Gasteiger partial charge in [0.15, 0.2) is 0 Å². The third kappa shape index (κ3) is 2.79. The molecular formula is C9H11Br2N. The Hall–Kier alpha value is -0.0200. The molecule has 1 N–H and O–H groups in total. The van der Waals surface area contributed by atoms with Gasteiger partial charge in [-0.1, -0.05) is 15.9 Å². The molecule has 0 bridgehead atoms. The lowest BCUT2D eigenvalue weighted by Crippen LogP contribution is -2.09. The zero-order valence-corrected chi connectivity index (χ0v) is 10.2. The highest BCUT2D eigenvalue weighted by Crippen LogP contribution is 2.26. The lowest BCUT2D eigenvalue weighted by Gasteiger charge is -2.11. The van der Waals surface area contributed by atoms with Crippen LogP contribution in [0.3, 0.4) is 0 Å². The molecule has 0 fully saturated rings. The first-order chi connectivity index (χ1) is 5.59. The van der Waals surface area contributed by atoms with E-state index in [1.165, 1.54) is 0 Å². The van der Waals surface area contributed by atoms with Gasteiger partial charge in [0, 0.05) is 20.7 Å². The van der Waals surface area contributed by atoms with E-state index in [0.717, 1.165) is 14.6 Å². The maximum Gasteiger partial charge on any atom is 0.0497 e. The number of benzene rings is 1. The van der Waals surface area contributed by atoms with Crippen LogP contribution in [0.5, 0.6) is 0 Å². The first-order valence-electron chi connectivity index (χ1n) is 3.81. The van der Waals surface area contributed by atoms with Crippen molar-refractivity contribution in [2.45, 2.75) is 19.9 Å². The summed E-state index contributed by atoms with van der Waals surface area (Å²) in [6.07, 6.45) is 0. The summed E-state index contributed by atoms with van der Waals surface area (Å²) < 4.78 is 2.19. The second kappa shape index (κ2) is 4.28. The van der Waals surface area contributed by atoms with E-state index in [-0.39, 0.29) is 0 Å². The molecule has 0 aromatic heterocycles. The van der Waals surface area contributed by atoms with Crippen molar-refractivity contribution in [3.63, 3.8) is 0 Å². The summed E-state index contributed by atoms with van der Waals surface area (Å²) >= 11 is 6.90. The molecule has 0 aliphatic rings. The van der Waals surface area contributed by atoms with Crippen molar-refractivity contribution in [1.29, 1.82) is 0 Å². The van der Waals surface area contributed by atoms with Crippen LogP contribution in [0.15, 0.2) is 27.1 Å². The third-order valence-electron chi connectivity index (χ3n) is 1.37. The first kappa shape index (κ1) is 10.1. The summed E-state index contributed by atoms with van der Waals surface area (Å²) in [6, 6.07) is 6.55. The Morgan fingerprint density at radius 2 is 1.92 bits per heavy atom. The lowest BCUT2D eigenvalue weighted by molar-refractivity contribution is 0.898. The number of nitrogens with one attached hydrogen (secondary N) is 1. The molecule has 12 heavy (non-hydrogen) atoms. The predicted molar refractivity (Wildman–Crippen MR) is 60.6 cm³/mol. The summed E-state index contributed by atoms with van der Waals surface area (Å²) in [5.74, 6) is 0. The molecule has 0 spiro atoms. The SMILES string of the molecule is CC(C)Nc1cc(Br)ccc1Br. The quantitative estimate of drug-likeness (QED) is 0.868. The third-order valence-corrected chi connectivity index (χ3v) is 2.56. The fourth-order valence-electron chi connectivity index (χ4n) is 0.919. The molecule has 0 saturated carbocycles. The molecule has 66 valence electrons. The zero-order valence-electron chi connectivity index (χ0n) is 7.07. The van der Waals surface area contributed by atoms with Gasteiger partial charge in [-0.15, -0.1) is 0 Å². The van der Waals surface area contributed by atoms with E-state index < -0.39 is 0 Å². The predicted octanol–water partition coefficient (Wildman–Crippen LogP) is 4.03. The van der Waals surface area contributed by atoms with E-state index in [2.05, 4.69) is 57.1 Å². The van der Waals surface area contributed by atoms with Crippen LogP contribution in [0.4, 0.5) is 5.69 Å². The molecule has 0 radical (unpaired) electrons. The monoisotopic (exact) mass is 291 g/mol. The fraction of sp³-hybridized carbons (Fsp3) is 0.333. The molecule has 0 aliphatic heterocycles. The molecule has 1 aromatic rings. The zero-order chi connectivity index (χ0) is 9.14. The molecule has 0 atom stereocenters. The van der Waals surface area contributed by atoms with Gasteiger partial charge in [-0.25, -0.2) is 0 Å². The van der Waals surface area contributed by atoms with Gasteiger partial charge < -0.3 is 5.32 Å². The van der Waals surface area contributed by atoms with Crippen LogP contribution in [-0.2, 0) is 0 Å². The van der Waals surface area contributed by atoms with Gasteiger partial charge in [-0.3, -0.25) is 0 Å². The van der Waals surface area contributed by atoms with Gasteiger partial charge in [0.1, 0.15) is 0 Å². The molecule has 0 unspecified atom stereocenters. The van der Waals surface area contributed by atoms with Crippen molar-refractivity contribution in [3.8, 4) is 0 Å². The second-order valence-electron chi connectivity index (χ2n) is 2.92. The maximum atomic E-state index is 3.48. The van der Waals surface area contributed by atoms with E-state index in [0.29, 0.717) is 6.04 Å². The van der Waals surface area contributed by atoms with Crippen LogP contribution in [0.2, 0.25) is 0 Å². The maximum absolute atomic E-state index is 3.48. The first-order valence-corrected chi connectivity index (χ1v) is 5.40. The highest BCUT2D eigenvalue weighted by molar-refractivity contribution is 9.11. The van der Waals surface area contributed by atoms with Gasteiger partial charge in [0.05, 0.1) is 0 Å². The Morgan fingerprint density at radius 1 is 1.25 bits per heavy atom. The van der Waals surface area contributed by atoms with E-state index >= 15 is 0 Å². The molecule has 0 aliphatic carbocycles. The molecule has 1 rings (SSSR count). The van der Waals surface area contributed by atoms with Crippen molar-refractivity contribution in [2.75, 3.05) is 5.32 Å². The standard InChI is InChI=1S/C9H11Br2N/c1-6(2)12-9-5-7(10)3-4-8(9)11/h3-6,12H,1-2H3. The van der Waals surface area contributed by atoms with Crippen molar-refractivity contribution >= 4 is 37.5 Å². The number of anilines is 1. The topological polar surface area (TPSA) is 12.0 Å². The average molecular weight is 293 g/mol. The van der Waals surface area contributed by atoms with Crippen LogP contribution >= 0.6 is 31.9 Å².